The molecule has 0 aliphatic rings. The number of rotatable bonds is 5. The molecule has 0 fully saturated rings. The van der Waals surface area contributed by atoms with Gasteiger partial charge in [-0.05, 0) is 18.6 Å². The van der Waals surface area contributed by atoms with Crippen LogP contribution in [0, 0.1) is 0 Å². The fourth-order valence-electron chi connectivity index (χ4n) is 1.66. The van der Waals surface area contributed by atoms with E-state index in [0.717, 1.165) is 5.56 Å². The third kappa shape index (κ3) is 2.91. The zero-order valence-electron chi connectivity index (χ0n) is 9.80. The van der Waals surface area contributed by atoms with Gasteiger partial charge < -0.3 is 20.3 Å². The molecule has 0 aliphatic carbocycles. The third-order valence-electron chi connectivity index (χ3n) is 2.43. The van der Waals surface area contributed by atoms with E-state index in [-0.39, 0.29) is 0 Å². The van der Waals surface area contributed by atoms with Crippen molar-refractivity contribution in [3.05, 3.63) is 24.0 Å². The van der Waals surface area contributed by atoms with Gasteiger partial charge in [-0.15, -0.1) is 0 Å². The van der Waals surface area contributed by atoms with Crippen molar-refractivity contribution in [2.45, 2.75) is 25.2 Å². The van der Waals surface area contributed by atoms with Gasteiger partial charge in [0.2, 0.25) is 0 Å². The molecule has 0 spiro atoms. The van der Waals surface area contributed by atoms with Crippen LogP contribution in [0.15, 0.2) is 18.5 Å². The lowest BCUT2D eigenvalue weighted by Gasteiger charge is -2.30. The van der Waals surface area contributed by atoms with Gasteiger partial charge in [0.1, 0.15) is 5.60 Å². The van der Waals surface area contributed by atoms with Crippen molar-refractivity contribution in [3.8, 4) is 0 Å². The number of hydrogen-bond acceptors (Lipinski definition) is 5. The standard InChI is InChI=1S/C11H18N2O3/c1-11(14,10(15-2)16-3)6-8-7-13-5-4-9(8)12/h4-5,7,10,14H,6H2,1-3H3,(H2,12,13). The lowest BCUT2D eigenvalue weighted by atomic mass is 9.96. The fourth-order valence-corrected chi connectivity index (χ4v) is 1.66. The van der Waals surface area contributed by atoms with Crippen molar-refractivity contribution < 1.29 is 14.6 Å². The summed E-state index contributed by atoms with van der Waals surface area (Å²) in [5.74, 6) is 0. The van der Waals surface area contributed by atoms with E-state index in [4.69, 9.17) is 15.2 Å². The molecular formula is C11H18N2O3. The highest BCUT2D eigenvalue weighted by molar-refractivity contribution is 5.44. The molecule has 5 nitrogen and oxygen atoms in total. The first kappa shape index (κ1) is 12.9. The van der Waals surface area contributed by atoms with E-state index >= 15 is 0 Å². The fraction of sp³-hybridized carbons (Fsp3) is 0.545. The summed E-state index contributed by atoms with van der Waals surface area (Å²) in [5.41, 5.74) is 5.99. The average Bonchev–Trinajstić information content (AvgIpc) is 2.22. The van der Waals surface area contributed by atoms with Gasteiger partial charge >= 0.3 is 0 Å². The smallest absolute Gasteiger partial charge is 0.185 e. The molecule has 1 rings (SSSR count). The molecule has 0 aromatic carbocycles. The van der Waals surface area contributed by atoms with Crippen LogP contribution < -0.4 is 5.73 Å². The van der Waals surface area contributed by atoms with Crippen LogP contribution in [0.2, 0.25) is 0 Å². The lowest BCUT2D eigenvalue weighted by molar-refractivity contribution is -0.207. The van der Waals surface area contributed by atoms with Crippen LogP contribution in [0.25, 0.3) is 0 Å². The molecule has 1 aromatic heterocycles. The number of aromatic nitrogens is 1. The number of nitrogen functional groups attached to an aromatic ring is 1. The van der Waals surface area contributed by atoms with Gasteiger partial charge in [-0.25, -0.2) is 0 Å². The van der Waals surface area contributed by atoms with Gasteiger partial charge in [-0.3, -0.25) is 4.98 Å². The summed E-state index contributed by atoms with van der Waals surface area (Å²) in [6.45, 7) is 1.64. The molecule has 0 saturated heterocycles. The summed E-state index contributed by atoms with van der Waals surface area (Å²) in [4.78, 5) is 3.97. The molecule has 1 unspecified atom stereocenters. The first-order valence-corrected chi connectivity index (χ1v) is 4.97. The number of pyridine rings is 1. The van der Waals surface area contributed by atoms with E-state index in [1.54, 1.807) is 25.4 Å². The normalized spacial score (nSPS) is 15.1. The second-order valence-electron chi connectivity index (χ2n) is 3.91. The molecule has 0 amide bonds. The second-order valence-corrected chi connectivity index (χ2v) is 3.91. The Bertz CT molecular complexity index is 338. The molecule has 90 valence electrons. The first-order valence-electron chi connectivity index (χ1n) is 4.97. The molecule has 1 heterocycles. The summed E-state index contributed by atoms with van der Waals surface area (Å²) in [6.07, 6.45) is 2.86. The number of nitrogens with two attached hydrogens (primary N) is 1. The third-order valence-corrected chi connectivity index (χ3v) is 2.43. The Balaban J connectivity index is 2.83. The van der Waals surface area contributed by atoms with E-state index in [1.165, 1.54) is 14.2 Å². The maximum atomic E-state index is 10.2. The van der Waals surface area contributed by atoms with Gasteiger partial charge in [-0.2, -0.15) is 0 Å². The van der Waals surface area contributed by atoms with Crippen molar-refractivity contribution in [2.24, 2.45) is 0 Å². The summed E-state index contributed by atoms with van der Waals surface area (Å²) >= 11 is 0. The highest BCUT2D eigenvalue weighted by Crippen LogP contribution is 2.22. The van der Waals surface area contributed by atoms with E-state index in [1.807, 2.05) is 0 Å². The van der Waals surface area contributed by atoms with Crippen LogP contribution in [-0.2, 0) is 15.9 Å². The van der Waals surface area contributed by atoms with Crippen molar-refractivity contribution in [1.82, 2.24) is 4.98 Å². The van der Waals surface area contributed by atoms with Crippen LogP contribution in [0.5, 0.6) is 0 Å². The number of anilines is 1. The van der Waals surface area contributed by atoms with Gasteiger partial charge in [-0.1, -0.05) is 0 Å². The number of hydrogen-bond donors (Lipinski definition) is 2. The molecule has 0 bridgehead atoms. The van der Waals surface area contributed by atoms with Crippen molar-refractivity contribution in [2.75, 3.05) is 20.0 Å². The summed E-state index contributed by atoms with van der Waals surface area (Å²) in [5, 5.41) is 10.2. The van der Waals surface area contributed by atoms with E-state index in [9.17, 15) is 5.11 Å². The van der Waals surface area contributed by atoms with Crippen LogP contribution in [0.3, 0.4) is 0 Å². The molecule has 1 aromatic rings. The predicted molar refractivity (Wildman–Crippen MR) is 60.8 cm³/mol. The topological polar surface area (TPSA) is 77.6 Å². The first-order chi connectivity index (χ1) is 7.51. The zero-order valence-corrected chi connectivity index (χ0v) is 9.80. The number of aliphatic hydroxyl groups is 1. The Kier molecular flexibility index (Phi) is 4.23. The maximum Gasteiger partial charge on any atom is 0.185 e. The van der Waals surface area contributed by atoms with Crippen LogP contribution >= 0.6 is 0 Å². The predicted octanol–water partition coefficient (Wildman–Crippen LogP) is 0.576. The SMILES string of the molecule is COC(OC)C(C)(O)Cc1cnccc1N. The Hall–Kier alpha value is -1.17. The minimum absolute atomic E-state index is 0.318. The highest BCUT2D eigenvalue weighted by Gasteiger charge is 2.33. The van der Waals surface area contributed by atoms with E-state index in [2.05, 4.69) is 4.98 Å². The number of nitrogens with zero attached hydrogens (tertiary/aromatic N) is 1. The summed E-state index contributed by atoms with van der Waals surface area (Å²) < 4.78 is 10.1. The molecule has 0 radical (unpaired) electrons. The van der Waals surface area contributed by atoms with Crippen molar-refractivity contribution >= 4 is 5.69 Å². The van der Waals surface area contributed by atoms with Gasteiger partial charge in [0.25, 0.3) is 0 Å². The summed E-state index contributed by atoms with van der Waals surface area (Å²) in [7, 11) is 2.96. The average molecular weight is 226 g/mol. The molecule has 3 N–H and O–H groups in total. The Morgan fingerprint density at radius 3 is 2.62 bits per heavy atom. The second kappa shape index (κ2) is 5.25. The zero-order chi connectivity index (χ0) is 12.2. The summed E-state index contributed by atoms with van der Waals surface area (Å²) in [6, 6.07) is 1.69. The molecular weight excluding hydrogens is 208 g/mol. The van der Waals surface area contributed by atoms with Crippen LogP contribution in [0.1, 0.15) is 12.5 Å². The largest absolute Gasteiger partial charge is 0.398 e. The number of ether oxygens (including phenoxy) is 2. The molecule has 0 saturated carbocycles. The van der Waals surface area contributed by atoms with Crippen molar-refractivity contribution in [1.29, 1.82) is 0 Å². The van der Waals surface area contributed by atoms with Crippen LogP contribution in [-0.4, -0.2) is 36.2 Å². The molecule has 1 atom stereocenters. The van der Waals surface area contributed by atoms with E-state index < -0.39 is 11.9 Å². The van der Waals surface area contributed by atoms with Gasteiger partial charge in [0.05, 0.1) is 0 Å². The van der Waals surface area contributed by atoms with Crippen molar-refractivity contribution in [3.63, 3.8) is 0 Å². The number of methoxy groups -OCH3 is 2. The monoisotopic (exact) mass is 226 g/mol. The minimum Gasteiger partial charge on any atom is -0.398 e. The Morgan fingerprint density at radius 2 is 2.12 bits per heavy atom. The minimum atomic E-state index is -1.15. The molecule has 5 heteroatoms. The molecule has 16 heavy (non-hydrogen) atoms. The quantitative estimate of drug-likeness (QED) is 0.718. The Morgan fingerprint density at radius 1 is 1.50 bits per heavy atom. The van der Waals surface area contributed by atoms with Gasteiger partial charge in [0.15, 0.2) is 6.29 Å². The Labute approximate surface area is 95.2 Å². The maximum absolute atomic E-state index is 10.2. The van der Waals surface area contributed by atoms with Gasteiger partial charge in [0, 0.05) is 38.7 Å². The molecule has 0 aliphatic heterocycles. The highest BCUT2D eigenvalue weighted by atomic mass is 16.7. The van der Waals surface area contributed by atoms with Crippen LogP contribution in [0.4, 0.5) is 5.69 Å². The van der Waals surface area contributed by atoms with E-state index in [0.29, 0.717) is 12.1 Å². The lowest BCUT2D eigenvalue weighted by Crippen LogP contribution is -2.43.